The van der Waals surface area contributed by atoms with Crippen LogP contribution in [-0.2, 0) is 66.3 Å². The SMILES string of the molecule is CO[C@]1(CCCCO[C@@H]2O[C@H](CO)[C@@H](O)[C@H](O)[C@H]2O)OC2CC3C4CCC5CC(O[C@@H]6O[C@H](CO)[C@H](O[C@@H]7O[C@H](CO[C@@H]8O[C@H](CO)[C@@H](O)[C@H](O)[C@H]8O)[C@@H](O[C@@H]8O[C@H](CO)[C@@H](O)[C@H](O)[C@H]8O)[C@H](O)[C@H]7O[C@@H]7O[C@H](CO)[C@@H](O)[C@H](O)[C@H]7O)[C@H](O)[C@H]6O)CC[C@]5(C)C4CC[C@]3(C)C2C1C. The normalized spacial score (nSPS) is 54.8. The van der Waals surface area contributed by atoms with Crippen LogP contribution in [-0.4, -0.2) is 358 Å². The minimum absolute atomic E-state index is 0.00781. The van der Waals surface area contributed by atoms with E-state index in [4.69, 9.17) is 66.3 Å². The monoisotopic (exact) mass is 1410 g/mol. The zero-order valence-electron chi connectivity index (χ0n) is 54.8. The third kappa shape index (κ3) is 14.4. The van der Waals surface area contributed by atoms with Crippen molar-refractivity contribution in [2.75, 3.05) is 53.4 Å². The van der Waals surface area contributed by atoms with E-state index in [2.05, 4.69) is 20.8 Å². The third-order valence-electron chi connectivity index (χ3n) is 24.3. The van der Waals surface area contributed by atoms with Gasteiger partial charge in [0, 0.05) is 26.1 Å². The maximum absolute atomic E-state index is 12.5. The quantitative estimate of drug-likeness (QED) is 0.0334. The van der Waals surface area contributed by atoms with Crippen LogP contribution in [0.25, 0.3) is 0 Å². The van der Waals surface area contributed by atoms with Crippen molar-refractivity contribution in [3.05, 3.63) is 0 Å². The van der Waals surface area contributed by atoms with Gasteiger partial charge in [0.2, 0.25) is 0 Å². The van der Waals surface area contributed by atoms with Crippen molar-refractivity contribution in [3.8, 4) is 0 Å². The third-order valence-corrected chi connectivity index (χ3v) is 24.3. The molecule has 0 aromatic rings. The van der Waals surface area contributed by atoms with Crippen molar-refractivity contribution in [1.29, 1.82) is 0 Å². The number of aliphatic hydroxyl groups is 20. The first-order valence-electron chi connectivity index (χ1n) is 34.4. The van der Waals surface area contributed by atoms with E-state index < -0.39 is 236 Å². The van der Waals surface area contributed by atoms with Crippen molar-refractivity contribution in [3.63, 3.8) is 0 Å². The summed E-state index contributed by atoms with van der Waals surface area (Å²) in [5, 5.41) is 215. The summed E-state index contributed by atoms with van der Waals surface area (Å²) < 4.78 is 84.7. The molecule has 7 heterocycles. The molecule has 0 spiro atoms. The lowest BCUT2D eigenvalue weighted by Gasteiger charge is -2.61. The molecule has 8 unspecified atom stereocenters. The van der Waals surface area contributed by atoms with Gasteiger partial charge in [-0.1, -0.05) is 20.8 Å². The van der Waals surface area contributed by atoms with Crippen LogP contribution >= 0.6 is 0 Å². The number of aliphatic hydroxyl groups excluding tert-OH is 20. The van der Waals surface area contributed by atoms with Gasteiger partial charge in [0.1, 0.15) is 146 Å². The Labute approximate surface area is 560 Å². The zero-order valence-corrected chi connectivity index (χ0v) is 54.8. The molecule has 97 heavy (non-hydrogen) atoms. The van der Waals surface area contributed by atoms with Gasteiger partial charge in [0.15, 0.2) is 43.5 Å². The maximum atomic E-state index is 12.5. The van der Waals surface area contributed by atoms with E-state index in [0.717, 1.165) is 38.5 Å². The highest BCUT2D eigenvalue weighted by atomic mass is 16.8. The first-order valence-corrected chi connectivity index (χ1v) is 34.4. The zero-order chi connectivity index (χ0) is 70.1. The van der Waals surface area contributed by atoms with Gasteiger partial charge >= 0.3 is 0 Å². The Bertz CT molecular complexity index is 2490. The molecule has 11 fully saturated rings. The minimum Gasteiger partial charge on any atom is -0.394 e. The Hall–Kier alpha value is -1.36. The number of fused-ring (bicyclic) bond motifs is 7. The number of hydrogen-bond donors (Lipinski definition) is 20. The first-order chi connectivity index (χ1) is 46.1. The van der Waals surface area contributed by atoms with Crippen LogP contribution in [0.15, 0.2) is 0 Å². The Morgan fingerprint density at radius 1 is 0.402 bits per heavy atom. The van der Waals surface area contributed by atoms with Gasteiger partial charge in [0.25, 0.3) is 0 Å². The molecule has 34 heteroatoms. The van der Waals surface area contributed by atoms with Crippen LogP contribution in [0, 0.1) is 46.3 Å². The number of rotatable bonds is 23. The van der Waals surface area contributed by atoms with Gasteiger partial charge in [-0.3, -0.25) is 0 Å². The van der Waals surface area contributed by atoms with Gasteiger partial charge in [-0.05, 0) is 105 Å². The molecule has 34 nitrogen and oxygen atoms in total. The van der Waals surface area contributed by atoms with Crippen molar-refractivity contribution < 1.29 is 168 Å². The summed E-state index contributed by atoms with van der Waals surface area (Å²) in [5.41, 5.74) is -0.0696. The Kier molecular flexibility index (Phi) is 24.8. The van der Waals surface area contributed by atoms with Crippen molar-refractivity contribution in [1.82, 2.24) is 0 Å². The fourth-order valence-electron chi connectivity index (χ4n) is 18.7. The van der Waals surface area contributed by atoms with E-state index >= 15 is 0 Å². The minimum atomic E-state index is -2.25. The Morgan fingerprint density at radius 2 is 0.856 bits per heavy atom. The van der Waals surface area contributed by atoms with Crippen LogP contribution in [0.4, 0.5) is 0 Å². The molecular formula is C63H106O34. The molecule has 0 bridgehead atoms. The molecule has 562 valence electrons. The Balaban J connectivity index is 0.750. The molecule has 4 saturated carbocycles. The van der Waals surface area contributed by atoms with Gasteiger partial charge < -0.3 is 168 Å². The van der Waals surface area contributed by atoms with Crippen molar-refractivity contribution >= 4 is 0 Å². The highest BCUT2D eigenvalue weighted by molar-refractivity contribution is 5.15. The highest BCUT2D eigenvalue weighted by Crippen LogP contribution is 2.71. The molecule has 7 saturated heterocycles. The molecule has 4 aliphatic carbocycles. The molecule has 7 aliphatic heterocycles. The number of hydrogen-bond acceptors (Lipinski definition) is 34. The number of ether oxygens (including phenoxy) is 14. The summed E-state index contributed by atoms with van der Waals surface area (Å²) >= 11 is 0. The van der Waals surface area contributed by atoms with E-state index in [-0.39, 0.29) is 41.3 Å². The summed E-state index contributed by atoms with van der Waals surface area (Å²) in [7, 11) is 1.69. The molecular weight excluding hydrogens is 1300 g/mol. The van der Waals surface area contributed by atoms with Crippen LogP contribution in [0.2, 0.25) is 0 Å². The maximum Gasteiger partial charge on any atom is 0.187 e. The second-order valence-electron chi connectivity index (χ2n) is 29.4. The molecule has 20 N–H and O–H groups in total. The average Bonchev–Trinajstić information content (AvgIpc) is 1.56. The average molecular weight is 1410 g/mol. The van der Waals surface area contributed by atoms with Gasteiger partial charge in [0.05, 0.1) is 51.8 Å². The predicted molar refractivity (Wildman–Crippen MR) is 317 cm³/mol. The lowest BCUT2D eigenvalue weighted by atomic mass is 9.44. The highest BCUT2D eigenvalue weighted by Gasteiger charge is 2.69. The first kappa shape index (κ1) is 76.8. The van der Waals surface area contributed by atoms with E-state index in [9.17, 15) is 102 Å². The standard InChI is InChI=1S/C63H106O34/c1-23-36-29(97-63(23,84-4)11-5-6-14-85-55-46(78)41(73)37(69)30(17-64)88-55)16-28-26-8-7-24-15-25(9-12-61(24,2)27(26)10-13-62(28,36)3)87-57-50(82)45(77)52(34(21-68)92-57)95-60-54(96-59-49(81)44(76)40(72)33(20-67)91-59)51(83)53(94-58-48(80)43(75)39(71)32(19-66)90-58)35(93-60)22-86-56-47(79)42(74)38(70)31(18-65)89-56/h23-60,64-83H,5-22H2,1-4H3/t23?,24?,25?,26?,27?,28?,29?,30-,31-,32-,33-,34-,35-,36?,37-,38-,39-,40-,41+,42+,43+,44+,45-,46-,47-,48-,49-,50-,51+,52+,53-,54-,55-,56-,57-,58+,59+,60+,61+,62+,63-/m1/s1. The molecule has 0 amide bonds. The number of unbranched alkanes of at least 4 members (excludes halogenated alkanes) is 1. The fraction of sp³-hybridized carbons (Fsp3) is 1.00. The summed E-state index contributed by atoms with van der Waals surface area (Å²) in [6.45, 7) is 2.19. The second kappa shape index (κ2) is 31.4. The number of methoxy groups -OCH3 is 1. The van der Waals surface area contributed by atoms with Crippen LogP contribution < -0.4 is 0 Å². The largest absolute Gasteiger partial charge is 0.394 e. The molecule has 0 aromatic heterocycles. The van der Waals surface area contributed by atoms with Crippen LogP contribution in [0.5, 0.6) is 0 Å². The lowest BCUT2D eigenvalue weighted by molar-refractivity contribution is -0.406. The lowest BCUT2D eigenvalue weighted by Crippen LogP contribution is -2.69. The predicted octanol–water partition coefficient (Wildman–Crippen LogP) is -7.90. The van der Waals surface area contributed by atoms with Crippen molar-refractivity contribution in [2.24, 2.45) is 46.3 Å². The topological polar surface area (TPSA) is 534 Å². The smallest absolute Gasteiger partial charge is 0.187 e. The van der Waals surface area contributed by atoms with Crippen LogP contribution in [0.3, 0.4) is 0 Å². The molecule has 41 atom stereocenters. The fourth-order valence-corrected chi connectivity index (χ4v) is 18.7. The Morgan fingerprint density at radius 3 is 1.40 bits per heavy atom. The molecule has 11 aliphatic rings. The van der Waals surface area contributed by atoms with Gasteiger partial charge in [-0.2, -0.15) is 0 Å². The summed E-state index contributed by atoms with van der Waals surface area (Å²) in [5.74, 6) is 0.991. The van der Waals surface area contributed by atoms with Gasteiger partial charge in [-0.25, -0.2) is 0 Å². The summed E-state index contributed by atoms with van der Waals surface area (Å²) in [4.78, 5) is 0. The molecule has 0 radical (unpaired) electrons. The molecule has 0 aromatic carbocycles. The van der Waals surface area contributed by atoms with Crippen molar-refractivity contribution in [2.45, 2.75) is 294 Å². The van der Waals surface area contributed by atoms with E-state index in [0.29, 0.717) is 49.9 Å². The van der Waals surface area contributed by atoms with Crippen LogP contribution in [0.1, 0.15) is 91.4 Å². The van der Waals surface area contributed by atoms with E-state index in [1.807, 2.05) is 0 Å². The second-order valence-corrected chi connectivity index (χ2v) is 29.4. The van der Waals surface area contributed by atoms with Gasteiger partial charge in [-0.15, -0.1) is 0 Å². The summed E-state index contributed by atoms with van der Waals surface area (Å²) in [6, 6.07) is 0. The van der Waals surface area contributed by atoms with E-state index in [1.54, 1.807) is 7.11 Å². The summed E-state index contributed by atoms with van der Waals surface area (Å²) in [6.07, 6.45) is -46.0. The van der Waals surface area contributed by atoms with E-state index in [1.165, 1.54) is 0 Å². The molecule has 11 rings (SSSR count).